The van der Waals surface area contributed by atoms with Gasteiger partial charge in [0.1, 0.15) is 11.2 Å². The number of aryl methyl sites for hydroxylation is 2. The predicted octanol–water partition coefficient (Wildman–Crippen LogP) is 0.109. The van der Waals surface area contributed by atoms with Crippen LogP contribution in [0, 0.1) is 6.92 Å². The fourth-order valence-corrected chi connectivity index (χ4v) is 2.05. The number of hydrogen-bond donors (Lipinski definition) is 2. The molecule has 0 radical (unpaired) electrons. The maximum absolute atomic E-state index is 12.0. The Hall–Kier alpha value is -2.97. The first kappa shape index (κ1) is 13.0. The third-order valence-electron chi connectivity index (χ3n) is 2.93. The van der Waals surface area contributed by atoms with Crippen molar-refractivity contribution in [2.75, 3.05) is 5.32 Å². The Labute approximate surface area is 118 Å². The van der Waals surface area contributed by atoms with Crippen LogP contribution in [0.2, 0.25) is 0 Å². The topological polar surface area (TPSA) is 110 Å². The summed E-state index contributed by atoms with van der Waals surface area (Å²) in [6, 6.07) is 1.69. The zero-order valence-corrected chi connectivity index (χ0v) is 11.7. The molecule has 3 aromatic heterocycles. The summed E-state index contributed by atoms with van der Waals surface area (Å²) >= 11 is 0. The van der Waals surface area contributed by atoms with E-state index in [1.807, 2.05) is 0 Å². The Bertz CT molecular complexity index is 902. The van der Waals surface area contributed by atoms with E-state index in [0.717, 1.165) is 0 Å². The second-order valence-corrected chi connectivity index (χ2v) is 4.66. The quantitative estimate of drug-likeness (QED) is 0.695. The lowest BCUT2D eigenvalue weighted by Gasteiger charge is -2.06. The molecule has 0 spiro atoms. The largest absolute Gasteiger partial charge is 0.311 e. The van der Waals surface area contributed by atoms with Crippen LogP contribution in [0.5, 0.6) is 0 Å². The monoisotopic (exact) mass is 287 g/mol. The predicted molar refractivity (Wildman–Crippen MR) is 75.3 cm³/mol. The van der Waals surface area contributed by atoms with Crippen molar-refractivity contribution in [3.8, 4) is 5.95 Å². The molecule has 0 saturated carbocycles. The van der Waals surface area contributed by atoms with Crippen molar-refractivity contribution in [2.45, 2.75) is 13.8 Å². The number of aromatic nitrogens is 6. The zero-order valence-electron chi connectivity index (χ0n) is 11.7. The number of fused-ring (bicyclic) bond motifs is 1. The van der Waals surface area contributed by atoms with Crippen molar-refractivity contribution in [1.29, 1.82) is 0 Å². The van der Waals surface area contributed by atoms with E-state index in [4.69, 9.17) is 0 Å². The first-order valence-corrected chi connectivity index (χ1v) is 6.22. The van der Waals surface area contributed by atoms with Crippen LogP contribution in [0.1, 0.15) is 12.6 Å². The first-order chi connectivity index (χ1) is 9.95. The Morgan fingerprint density at radius 3 is 2.90 bits per heavy atom. The van der Waals surface area contributed by atoms with Gasteiger partial charge < -0.3 is 5.32 Å². The Kier molecular flexibility index (Phi) is 2.82. The number of rotatable bonds is 2. The van der Waals surface area contributed by atoms with Gasteiger partial charge in [-0.15, -0.1) is 0 Å². The van der Waals surface area contributed by atoms with Crippen LogP contribution in [-0.2, 0) is 11.8 Å². The molecular formula is C12H13N7O2. The number of H-pyrrole nitrogens is 1. The average molecular weight is 287 g/mol. The van der Waals surface area contributed by atoms with Crippen LogP contribution >= 0.6 is 0 Å². The molecule has 9 nitrogen and oxygen atoms in total. The van der Waals surface area contributed by atoms with Crippen molar-refractivity contribution in [2.24, 2.45) is 7.05 Å². The van der Waals surface area contributed by atoms with Crippen molar-refractivity contribution in [3.63, 3.8) is 0 Å². The van der Waals surface area contributed by atoms with E-state index in [9.17, 15) is 9.59 Å². The number of hydrogen-bond acceptors (Lipinski definition) is 5. The van der Waals surface area contributed by atoms with Gasteiger partial charge in [-0.05, 0) is 6.92 Å². The molecule has 0 atom stereocenters. The summed E-state index contributed by atoms with van der Waals surface area (Å²) in [5, 5.41) is 11.3. The van der Waals surface area contributed by atoms with Gasteiger partial charge in [0.2, 0.25) is 11.9 Å². The lowest BCUT2D eigenvalue weighted by molar-refractivity contribution is -0.114. The minimum Gasteiger partial charge on any atom is -0.311 e. The van der Waals surface area contributed by atoms with Gasteiger partial charge in [-0.25, -0.2) is 0 Å². The Morgan fingerprint density at radius 2 is 2.19 bits per heavy atom. The summed E-state index contributed by atoms with van der Waals surface area (Å²) in [5.74, 6) is 0.415. The Balaban J connectivity index is 2.23. The lowest BCUT2D eigenvalue weighted by atomic mass is 10.4. The minimum atomic E-state index is -0.315. The third kappa shape index (κ3) is 2.18. The van der Waals surface area contributed by atoms with Gasteiger partial charge in [-0.1, -0.05) is 0 Å². The molecule has 0 aliphatic heterocycles. The number of anilines is 1. The first-order valence-electron chi connectivity index (χ1n) is 6.22. The van der Waals surface area contributed by atoms with Crippen molar-refractivity contribution >= 4 is 22.8 Å². The van der Waals surface area contributed by atoms with Crippen molar-refractivity contribution in [3.05, 3.63) is 28.3 Å². The number of carbonyl (C=O) groups excluding carboxylic acids is 1. The van der Waals surface area contributed by atoms with E-state index in [2.05, 4.69) is 25.5 Å². The molecule has 3 heterocycles. The molecular weight excluding hydrogens is 274 g/mol. The maximum Gasteiger partial charge on any atom is 0.263 e. The maximum atomic E-state index is 12.0. The number of carbonyl (C=O) groups is 1. The highest BCUT2D eigenvalue weighted by Gasteiger charge is 2.14. The van der Waals surface area contributed by atoms with Gasteiger partial charge >= 0.3 is 0 Å². The molecule has 1 amide bonds. The fourth-order valence-electron chi connectivity index (χ4n) is 2.05. The normalized spacial score (nSPS) is 11.0. The van der Waals surface area contributed by atoms with Crippen LogP contribution in [-0.4, -0.2) is 35.4 Å². The van der Waals surface area contributed by atoms with Crippen LogP contribution in [0.15, 0.2) is 17.1 Å². The molecule has 21 heavy (non-hydrogen) atoms. The number of amides is 1. The van der Waals surface area contributed by atoms with Crippen LogP contribution in [0.25, 0.3) is 17.0 Å². The Morgan fingerprint density at radius 1 is 1.43 bits per heavy atom. The molecule has 0 aliphatic carbocycles. The van der Waals surface area contributed by atoms with Crippen LogP contribution in [0.3, 0.4) is 0 Å². The fraction of sp³-hybridized carbons (Fsp3) is 0.250. The third-order valence-corrected chi connectivity index (χ3v) is 2.93. The summed E-state index contributed by atoms with van der Waals surface area (Å²) in [7, 11) is 1.70. The average Bonchev–Trinajstić information content (AvgIpc) is 2.93. The molecule has 0 unspecified atom stereocenters. The highest BCUT2D eigenvalue weighted by Crippen LogP contribution is 2.15. The van der Waals surface area contributed by atoms with E-state index in [1.165, 1.54) is 22.5 Å². The van der Waals surface area contributed by atoms with Gasteiger partial charge in [-0.2, -0.15) is 19.9 Å². The second kappa shape index (κ2) is 4.54. The molecule has 9 heteroatoms. The minimum absolute atomic E-state index is 0.216. The molecule has 3 rings (SSSR count). The van der Waals surface area contributed by atoms with Crippen LogP contribution < -0.4 is 10.9 Å². The van der Waals surface area contributed by atoms with Gasteiger partial charge in [0, 0.05) is 20.0 Å². The van der Waals surface area contributed by atoms with E-state index in [1.54, 1.807) is 20.0 Å². The standard InChI is InChI=1S/C12H13N7O2/c1-6-4-9(14-7(2)20)19(17-6)12-15-10-8(11(21)16-12)5-13-18(10)3/h4-5H,1-3H3,(H,14,20)(H,15,16,21). The van der Waals surface area contributed by atoms with E-state index >= 15 is 0 Å². The highest BCUT2D eigenvalue weighted by atomic mass is 16.1. The van der Waals surface area contributed by atoms with E-state index < -0.39 is 0 Å². The lowest BCUT2D eigenvalue weighted by Crippen LogP contribution is -2.17. The molecule has 0 bridgehead atoms. The molecule has 0 saturated heterocycles. The zero-order chi connectivity index (χ0) is 15.1. The van der Waals surface area contributed by atoms with Crippen molar-refractivity contribution in [1.82, 2.24) is 29.5 Å². The molecule has 0 aliphatic rings. The summed E-state index contributed by atoms with van der Waals surface area (Å²) in [6.07, 6.45) is 1.45. The summed E-state index contributed by atoms with van der Waals surface area (Å²) in [5.41, 5.74) is 0.812. The summed E-state index contributed by atoms with van der Waals surface area (Å²) < 4.78 is 2.88. The molecule has 0 fully saturated rings. The number of aromatic amines is 1. The van der Waals surface area contributed by atoms with E-state index in [-0.39, 0.29) is 17.4 Å². The summed E-state index contributed by atoms with van der Waals surface area (Å²) in [4.78, 5) is 30.3. The SMILES string of the molecule is CC(=O)Nc1cc(C)nn1-c1nc2c(cnn2C)c(=O)[nH]1. The molecule has 108 valence electrons. The molecule has 2 N–H and O–H groups in total. The number of nitrogens with one attached hydrogen (secondary N) is 2. The van der Waals surface area contributed by atoms with E-state index in [0.29, 0.717) is 22.5 Å². The van der Waals surface area contributed by atoms with Gasteiger partial charge in [0.15, 0.2) is 5.65 Å². The van der Waals surface area contributed by atoms with Crippen LogP contribution in [0.4, 0.5) is 5.82 Å². The van der Waals surface area contributed by atoms with Crippen molar-refractivity contribution < 1.29 is 4.79 Å². The van der Waals surface area contributed by atoms with Gasteiger partial charge in [0.25, 0.3) is 5.56 Å². The van der Waals surface area contributed by atoms with Gasteiger partial charge in [-0.3, -0.25) is 19.3 Å². The molecule has 3 aromatic rings. The smallest absolute Gasteiger partial charge is 0.263 e. The highest BCUT2D eigenvalue weighted by molar-refractivity contribution is 5.88. The summed E-state index contributed by atoms with van der Waals surface area (Å²) in [6.45, 7) is 3.18. The van der Waals surface area contributed by atoms with Gasteiger partial charge in [0.05, 0.1) is 11.9 Å². The second-order valence-electron chi connectivity index (χ2n) is 4.66. The number of nitrogens with zero attached hydrogens (tertiary/aromatic N) is 5. The molecule has 0 aromatic carbocycles.